The van der Waals surface area contributed by atoms with E-state index in [1.807, 2.05) is 31.2 Å². The molecular weight excluding hydrogens is 714 g/mol. The molecule has 1 fully saturated rings. The summed E-state index contributed by atoms with van der Waals surface area (Å²) in [6, 6.07) is 15.4. The molecular formula is C25H16Br2ClIN2O4. The summed E-state index contributed by atoms with van der Waals surface area (Å²) in [5, 5.41) is 2.53. The van der Waals surface area contributed by atoms with Gasteiger partial charge in [0.15, 0.2) is 5.75 Å². The van der Waals surface area contributed by atoms with Gasteiger partial charge in [0.1, 0.15) is 12.2 Å². The highest BCUT2D eigenvalue weighted by atomic mass is 127. The van der Waals surface area contributed by atoms with Gasteiger partial charge >= 0.3 is 6.03 Å². The smallest absolute Gasteiger partial charge is 0.335 e. The summed E-state index contributed by atoms with van der Waals surface area (Å²) in [5.41, 5.74) is 2.47. The van der Waals surface area contributed by atoms with Gasteiger partial charge in [-0.2, -0.15) is 0 Å². The van der Waals surface area contributed by atoms with Gasteiger partial charge in [-0.1, -0.05) is 39.7 Å². The number of carbonyl (C=O) groups is 3. The van der Waals surface area contributed by atoms with Gasteiger partial charge in [0, 0.05) is 8.04 Å². The maximum Gasteiger partial charge on any atom is 0.335 e. The Morgan fingerprint density at radius 2 is 1.74 bits per heavy atom. The molecule has 4 amide bonds. The van der Waals surface area contributed by atoms with Crippen molar-refractivity contribution in [3.05, 3.63) is 94.4 Å². The van der Waals surface area contributed by atoms with Crippen molar-refractivity contribution in [3.8, 4) is 5.75 Å². The number of hydrogen-bond acceptors (Lipinski definition) is 4. The van der Waals surface area contributed by atoms with Crippen molar-refractivity contribution >= 4 is 95.7 Å². The van der Waals surface area contributed by atoms with E-state index >= 15 is 0 Å². The third kappa shape index (κ3) is 5.79. The molecule has 3 aromatic rings. The highest BCUT2D eigenvalue weighted by Gasteiger charge is 2.37. The SMILES string of the molecule is Cc1cc(N2C(=O)NC(=O)/C(=C\c3cc(Cl)c(OCc4ccc(I)cc4)c(Br)c3)C2=O)ccc1Br. The molecule has 4 rings (SSSR count). The van der Waals surface area contributed by atoms with Crippen LogP contribution in [0, 0.1) is 10.5 Å². The van der Waals surface area contributed by atoms with E-state index in [4.69, 9.17) is 16.3 Å². The number of aryl methyl sites for hydroxylation is 1. The predicted molar refractivity (Wildman–Crippen MR) is 151 cm³/mol. The average molecular weight is 731 g/mol. The summed E-state index contributed by atoms with van der Waals surface area (Å²) < 4.78 is 8.40. The van der Waals surface area contributed by atoms with Gasteiger partial charge in [-0.15, -0.1) is 0 Å². The van der Waals surface area contributed by atoms with Crippen molar-refractivity contribution < 1.29 is 19.1 Å². The summed E-state index contributed by atoms with van der Waals surface area (Å²) in [6.45, 7) is 2.16. The van der Waals surface area contributed by atoms with Crippen LogP contribution in [0.1, 0.15) is 16.7 Å². The molecule has 35 heavy (non-hydrogen) atoms. The average Bonchev–Trinajstić information content (AvgIpc) is 2.79. The third-order valence-corrected chi connectivity index (χ3v) is 7.61. The number of anilines is 1. The van der Waals surface area contributed by atoms with Crippen LogP contribution in [-0.2, 0) is 16.2 Å². The molecule has 0 unspecified atom stereocenters. The summed E-state index contributed by atoms with van der Waals surface area (Å²) in [6.07, 6.45) is 1.39. The summed E-state index contributed by atoms with van der Waals surface area (Å²) in [7, 11) is 0. The standard InChI is InChI=1S/C25H16Br2ClIN2O4/c1-13-8-17(6-7-19(13)26)31-24(33)18(23(32)30-25(31)34)9-15-10-20(27)22(21(28)11-15)35-12-14-2-4-16(29)5-3-14/h2-11H,12H2,1H3,(H,30,32,34)/b18-9+. The lowest BCUT2D eigenvalue weighted by atomic mass is 10.1. The van der Waals surface area contributed by atoms with Crippen LogP contribution in [0.15, 0.2) is 69.1 Å². The second kappa shape index (κ2) is 10.8. The summed E-state index contributed by atoms with van der Waals surface area (Å²) in [5.74, 6) is -1.07. The van der Waals surface area contributed by atoms with E-state index in [1.165, 1.54) is 6.08 Å². The highest BCUT2D eigenvalue weighted by molar-refractivity contribution is 14.1. The Bertz CT molecular complexity index is 1370. The summed E-state index contributed by atoms with van der Waals surface area (Å²) in [4.78, 5) is 39.1. The molecule has 0 saturated carbocycles. The Hall–Kier alpha value is -2.21. The molecule has 0 bridgehead atoms. The molecule has 1 saturated heterocycles. The zero-order valence-electron chi connectivity index (χ0n) is 18.1. The lowest BCUT2D eigenvalue weighted by molar-refractivity contribution is -0.122. The first-order valence-electron chi connectivity index (χ1n) is 10.2. The van der Waals surface area contributed by atoms with Crippen molar-refractivity contribution in [3.63, 3.8) is 0 Å². The van der Waals surface area contributed by atoms with Crippen molar-refractivity contribution in [1.82, 2.24) is 5.32 Å². The molecule has 0 atom stereocenters. The number of urea groups is 1. The Morgan fingerprint density at radius 3 is 2.40 bits per heavy atom. The molecule has 1 N–H and O–H groups in total. The number of hydrogen-bond donors (Lipinski definition) is 1. The number of benzene rings is 3. The number of nitrogens with zero attached hydrogens (tertiary/aromatic N) is 1. The van der Waals surface area contributed by atoms with E-state index in [2.05, 4.69) is 59.8 Å². The van der Waals surface area contributed by atoms with E-state index in [1.54, 1.807) is 30.3 Å². The Labute approximate surface area is 237 Å². The monoisotopic (exact) mass is 728 g/mol. The van der Waals surface area contributed by atoms with Crippen LogP contribution in [-0.4, -0.2) is 17.8 Å². The van der Waals surface area contributed by atoms with Gasteiger partial charge in [-0.3, -0.25) is 14.9 Å². The minimum atomic E-state index is -0.808. The predicted octanol–water partition coefficient (Wildman–Crippen LogP) is 7.02. The minimum absolute atomic E-state index is 0.194. The largest absolute Gasteiger partial charge is 0.486 e. The van der Waals surface area contributed by atoms with E-state index in [0.29, 0.717) is 33.1 Å². The first kappa shape index (κ1) is 25.9. The fourth-order valence-electron chi connectivity index (χ4n) is 3.36. The molecule has 3 aromatic carbocycles. The lowest BCUT2D eigenvalue weighted by Crippen LogP contribution is -2.54. The minimum Gasteiger partial charge on any atom is -0.486 e. The zero-order valence-corrected chi connectivity index (χ0v) is 24.2. The van der Waals surface area contributed by atoms with Gasteiger partial charge in [-0.05, 0) is 111 Å². The normalized spacial score (nSPS) is 14.9. The van der Waals surface area contributed by atoms with Crippen molar-refractivity contribution in [2.45, 2.75) is 13.5 Å². The molecule has 1 aliphatic rings. The van der Waals surface area contributed by atoms with Crippen molar-refractivity contribution in [2.75, 3.05) is 4.90 Å². The zero-order chi connectivity index (χ0) is 25.3. The van der Waals surface area contributed by atoms with Crippen LogP contribution in [0.25, 0.3) is 6.08 Å². The van der Waals surface area contributed by atoms with Gasteiger partial charge in [0.25, 0.3) is 11.8 Å². The van der Waals surface area contributed by atoms with Crippen molar-refractivity contribution in [2.24, 2.45) is 0 Å². The number of ether oxygens (including phenoxy) is 1. The maximum absolute atomic E-state index is 13.2. The fraction of sp³-hybridized carbons (Fsp3) is 0.0800. The van der Waals surface area contributed by atoms with Crippen LogP contribution < -0.4 is 15.0 Å². The Kier molecular flexibility index (Phi) is 7.99. The number of halogens is 4. The van der Waals surface area contributed by atoms with E-state index < -0.39 is 17.8 Å². The number of nitrogens with one attached hydrogen (secondary N) is 1. The number of carbonyl (C=O) groups excluding carboxylic acids is 3. The molecule has 1 aliphatic heterocycles. The number of amides is 4. The van der Waals surface area contributed by atoms with Crippen LogP contribution in [0.4, 0.5) is 10.5 Å². The van der Waals surface area contributed by atoms with Crippen LogP contribution >= 0.6 is 66.1 Å². The fourth-order valence-corrected chi connectivity index (χ4v) is 4.96. The molecule has 6 nitrogen and oxygen atoms in total. The van der Waals surface area contributed by atoms with Gasteiger partial charge in [-0.25, -0.2) is 9.69 Å². The quantitative estimate of drug-likeness (QED) is 0.174. The van der Waals surface area contributed by atoms with Crippen LogP contribution in [0.2, 0.25) is 5.02 Å². The molecule has 1 heterocycles. The lowest BCUT2D eigenvalue weighted by Gasteiger charge is -2.26. The topological polar surface area (TPSA) is 75.7 Å². The summed E-state index contributed by atoms with van der Waals surface area (Å²) >= 11 is 15.5. The van der Waals surface area contributed by atoms with E-state index in [-0.39, 0.29) is 5.57 Å². The van der Waals surface area contributed by atoms with Gasteiger partial charge in [0.05, 0.1) is 15.2 Å². The number of barbiturate groups is 1. The second-order valence-corrected chi connectivity index (χ2v) is 11.0. The first-order chi connectivity index (χ1) is 16.6. The number of rotatable bonds is 5. The molecule has 0 aromatic heterocycles. The number of imide groups is 2. The van der Waals surface area contributed by atoms with E-state index in [0.717, 1.165) is 24.1 Å². The van der Waals surface area contributed by atoms with Crippen LogP contribution in [0.5, 0.6) is 5.75 Å². The molecule has 178 valence electrons. The maximum atomic E-state index is 13.2. The molecule has 0 aliphatic carbocycles. The van der Waals surface area contributed by atoms with Crippen molar-refractivity contribution in [1.29, 1.82) is 0 Å². The molecule has 10 heteroatoms. The van der Waals surface area contributed by atoms with E-state index in [9.17, 15) is 14.4 Å². The van der Waals surface area contributed by atoms with Gasteiger partial charge < -0.3 is 4.74 Å². The Morgan fingerprint density at radius 1 is 1.03 bits per heavy atom. The van der Waals surface area contributed by atoms with Crippen LogP contribution in [0.3, 0.4) is 0 Å². The highest BCUT2D eigenvalue weighted by Crippen LogP contribution is 2.36. The molecule has 0 spiro atoms. The Balaban J connectivity index is 1.61. The van der Waals surface area contributed by atoms with Gasteiger partial charge in [0.2, 0.25) is 0 Å². The third-order valence-electron chi connectivity index (χ3n) is 5.13. The molecule has 0 radical (unpaired) electrons. The second-order valence-electron chi connectivity index (χ2n) is 7.62. The first-order valence-corrected chi connectivity index (χ1v) is 13.2.